The first-order chi connectivity index (χ1) is 9.08. The van der Waals surface area contributed by atoms with Crippen LogP contribution in [0, 0.1) is 0 Å². The fraction of sp³-hybridized carbons (Fsp3) is 0.231. The maximum Gasteiger partial charge on any atom is 0.156 e. The van der Waals surface area contributed by atoms with Gasteiger partial charge in [0.2, 0.25) is 0 Å². The molecule has 1 aromatic carbocycles. The number of benzene rings is 1. The molecule has 0 saturated carbocycles. The Labute approximate surface area is 126 Å². The summed E-state index contributed by atoms with van der Waals surface area (Å²) in [5, 5.41) is 1.45. The topological polar surface area (TPSA) is 35.0 Å². The summed E-state index contributed by atoms with van der Waals surface area (Å²) >= 11 is 17.9. The van der Waals surface area contributed by atoms with Crippen LogP contribution in [0.1, 0.15) is 12.7 Å². The molecular weight excluding hydrogens is 307 g/mol. The maximum atomic E-state index is 5.99. The van der Waals surface area contributed by atoms with Gasteiger partial charge in [0, 0.05) is 28.3 Å². The Hall–Kier alpha value is -0.870. The van der Waals surface area contributed by atoms with Gasteiger partial charge in [0.15, 0.2) is 5.82 Å². The van der Waals surface area contributed by atoms with Crippen LogP contribution in [0.5, 0.6) is 0 Å². The third kappa shape index (κ3) is 4.05. The van der Waals surface area contributed by atoms with Gasteiger partial charge < -0.3 is 4.74 Å². The first-order valence-corrected chi connectivity index (χ1v) is 6.79. The van der Waals surface area contributed by atoms with Crippen LogP contribution in [0.4, 0.5) is 0 Å². The minimum atomic E-state index is 0.318. The Kier molecular flexibility index (Phi) is 4.99. The largest absolute Gasteiger partial charge is 0.374 e. The molecule has 6 heteroatoms. The summed E-state index contributed by atoms with van der Waals surface area (Å²) in [7, 11) is 0. The van der Waals surface area contributed by atoms with Gasteiger partial charge in [0.25, 0.3) is 0 Å². The van der Waals surface area contributed by atoms with Gasteiger partial charge in [-0.2, -0.15) is 0 Å². The molecule has 0 saturated heterocycles. The van der Waals surface area contributed by atoms with E-state index in [4.69, 9.17) is 39.5 Å². The molecule has 0 spiro atoms. The van der Waals surface area contributed by atoms with Crippen LogP contribution in [-0.4, -0.2) is 16.6 Å². The minimum Gasteiger partial charge on any atom is -0.374 e. The Bertz CT molecular complexity index is 570. The Morgan fingerprint density at radius 1 is 1.00 bits per heavy atom. The number of nitrogens with zero attached hydrogens (tertiary/aromatic N) is 2. The van der Waals surface area contributed by atoms with E-state index in [0.717, 1.165) is 5.56 Å². The first kappa shape index (κ1) is 14.5. The molecule has 19 heavy (non-hydrogen) atoms. The number of ether oxygens (including phenoxy) is 1. The summed E-state index contributed by atoms with van der Waals surface area (Å²) < 4.78 is 5.28. The summed E-state index contributed by atoms with van der Waals surface area (Å²) in [6.45, 7) is 2.81. The molecule has 0 radical (unpaired) electrons. The smallest absolute Gasteiger partial charge is 0.156 e. The average Bonchev–Trinajstić information content (AvgIpc) is 2.34. The predicted molar refractivity (Wildman–Crippen MR) is 77.8 cm³/mol. The summed E-state index contributed by atoms with van der Waals surface area (Å²) in [4.78, 5) is 8.49. The van der Waals surface area contributed by atoms with E-state index in [1.54, 1.807) is 24.3 Å². The molecule has 2 rings (SSSR count). The lowest BCUT2D eigenvalue weighted by atomic mass is 10.1. The number of hydrogen-bond acceptors (Lipinski definition) is 3. The van der Waals surface area contributed by atoms with E-state index in [1.165, 1.54) is 0 Å². The van der Waals surface area contributed by atoms with Crippen molar-refractivity contribution in [1.82, 2.24) is 9.97 Å². The van der Waals surface area contributed by atoms with Crippen molar-refractivity contribution in [2.45, 2.75) is 13.5 Å². The maximum absolute atomic E-state index is 5.99. The molecule has 1 aromatic heterocycles. The number of halogens is 3. The molecule has 2 aromatic rings. The van der Waals surface area contributed by atoms with E-state index >= 15 is 0 Å². The molecule has 0 fully saturated rings. The molecule has 0 bridgehead atoms. The number of rotatable bonds is 4. The predicted octanol–water partition coefficient (Wildman–Crippen LogP) is 4.64. The third-order valence-corrected chi connectivity index (χ3v) is 2.96. The molecular formula is C13H11Cl3N2O. The van der Waals surface area contributed by atoms with Crippen molar-refractivity contribution in [3.63, 3.8) is 0 Å². The fourth-order valence-corrected chi connectivity index (χ4v) is 2.30. The molecule has 0 unspecified atom stereocenters. The van der Waals surface area contributed by atoms with Crippen LogP contribution in [0.3, 0.4) is 0 Å². The standard InChI is InChI=1S/C13H11Cl3N2O/c1-2-19-7-13-17-11(6-12(16)18-13)8-3-9(14)5-10(15)4-8/h3-6H,2,7H2,1H3. The van der Waals surface area contributed by atoms with Crippen molar-refractivity contribution in [1.29, 1.82) is 0 Å². The molecule has 0 aliphatic carbocycles. The molecule has 1 heterocycles. The van der Waals surface area contributed by atoms with Gasteiger partial charge in [-0.1, -0.05) is 34.8 Å². The zero-order valence-electron chi connectivity index (χ0n) is 10.2. The zero-order valence-corrected chi connectivity index (χ0v) is 12.4. The summed E-state index contributed by atoms with van der Waals surface area (Å²) in [5.41, 5.74) is 1.46. The molecule has 0 N–H and O–H groups in total. The molecule has 0 atom stereocenters. The van der Waals surface area contributed by atoms with E-state index in [0.29, 0.717) is 39.9 Å². The van der Waals surface area contributed by atoms with E-state index in [9.17, 15) is 0 Å². The van der Waals surface area contributed by atoms with Crippen molar-refractivity contribution in [3.05, 3.63) is 45.3 Å². The average molecular weight is 318 g/mol. The van der Waals surface area contributed by atoms with Crippen molar-refractivity contribution >= 4 is 34.8 Å². The van der Waals surface area contributed by atoms with Crippen molar-refractivity contribution in [2.24, 2.45) is 0 Å². The second-order valence-corrected chi connectivity index (χ2v) is 5.05. The van der Waals surface area contributed by atoms with Gasteiger partial charge in [-0.15, -0.1) is 0 Å². The van der Waals surface area contributed by atoms with Crippen LogP contribution in [0.25, 0.3) is 11.3 Å². The highest BCUT2D eigenvalue weighted by atomic mass is 35.5. The van der Waals surface area contributed by atoms with Gasteiger partial charge in [-0.3, -0.25) is 0 Å². The fourth-order valence-electron chi connectivity index (χ4n) is 1.57. The van der Waals surface area contributed by atoms with Crippen LogP contribution in [0.2, 0.25) is 15.2 Å². The normalized spacial score (nSPS) is 10.7. The SMILES string of the molecule is CCOCc1nc(Cl)cc(-c2cc(Cl)cc(Cl)c2)n1. The summed E-state index contributed by atoms with van der Waals surface area (Å²) in [6, 6.07) is 6.88. The molecule has 0 aliphatic rings. The highest BCUT2D eigenvalue weighted by molar-refractivity contribution is 6.35. The van der Waals surface area contributed by atoms with Crippen LogP contribution in [0.15, 0.2) is 24.3 Å². The van der Waals surface area contributed by atoms with Gasteiger partial charge in [0.05, 0.1) is 5.69 Å². The lowest BCUT2D eigenvalue weighted by molar-refractivity contribution is 0.128. The zero-order chi connectivity index (χ0) is 13.8. The quantitative estimate of drug-likeness (QED) is 0.771. The van der Waals surface area contributed by atoms with Crippen LogP contribution < -0.4 is 0 Å². The van der Waals surface area contributed by atoms with E-state index in [2.05, 4.69) is 9.97 Å². The van der Waals surface area contributed by atoms with Crippen LogP contribution in [-0.2, 0) is 11.3 Å². The van der Waals surface area contributed by atoms with E-state index in [1.807, 2.05) is 6.92 Å². The van der Waals surface area contributed by atoms with E-state index < -0.39 is 0 Å². The molecule has 100 valence electrons. The molecule has 0 amide bonds. The number of aromatic nitrogens is 2. The van der Waals surface area contributed by atoms with Crippen LogP contribution >= 0.6 is 34.8 Å². The van der Waals surface area contributed by atoms with Gasteiger partial charge in [0.1, 0.15) is 11.8 Å². The Morgan fingerprint density at radius 3 is 2.32 bits per heavy atom. The second-order valence-electron chi connectivity index (χ2n) is 3.79. The lowest BCUT2D eigenvalue weighted by Gasteiger charge is -2.06. The second kappa shape index (κ2) is 6.53. The Balaban J connectivity index is 2.40. The van der Waals surface area contributed by atoms with Gasteiger partial charge >= 0.3 is 0 Å². The van der Waals surface area contributed by atoms with Crippen molar-refractivity contribution < 1.29 is 4.74 Å². The van der Waals surface area contributed by atoms with Crippen molar-refractivity contribution in [2.75, 3.05) is 6.61 Å². The van der Waals surface area contributed by atoms with Gasteiger partial charge in [-0.25, -0.2) is 9.97 Å². The van der Waals surface area contributed by atoms with Crippen molar-refractivity contribution in [3.8, 4) is 11.3 Å². The number of hydrogen-bond donors (Lipinski definition) is 0. The van der Waals surface area contributed by atoms with E-state index in [-0.39, 0.29) is 0 Å². The lowest BCUT2D eigenvalue weighted by Crippen LogP contribution is -2.00. The summed E-state index contributed by atoms with van der Waals surface area (Å²) in [6.07, 6.45) is 0. The highest BCUT2D eigenvalue weighted by Gasteiger charge is 2.07. The Morgan fingerprint density at radius 2 is 1.68 bits per heavy atom. The highest BCUT2D eigenvalue weighted by Crippen LogP contribution is 2.27. The minimum absolute atomic E-state index is 0.318. The molecule has 0 aliphatic heterocycles. The molecule has 3 nitrogen and oxygen atoms in total. The third-order valence-electron chi connectivity index (χ3n) is 2.33. The van der Waals surface area contributed by atoms with Gasteiger partial charge in [-0.05, 0) is 25.1 Å². The first-order valence-electron chi connectivity index (χ1n) is 5.66. The monoisotopic (exact) mass is 316 g/mol. The summed E-state index contributed by atoms with van der Waals surface area (Å²) in [5.74, 6) is 0.528.